The Hall–Kier alpha value is -1.40. The Kier molecular flexibility index (Phi) is 3.52. The van der Waals surface area contributed by atoms with Gasteiger partial charge in [-0.25, -0.2) is 10.8 Å². The van der Waals surface area contributed by atoms with Crippen molar-refractivity contribution in [2.75, 3.05) is 10.7 Å². The molecule has 5 nitrogen and oxygen atoms in total. The number of nitrogens with two attached hydrogens (primary N) is 1. The SMILES string of the molecule is CCC(CC1CC1)Nc1nc(NN)nc2sccc12. The molecule has 0 saturated heterocycles. The molecule has 1 saturated carbocycles. The normalized spacial score (nSPS) is 16.5. The van der Waals surface area contributed by atoms with Crippen LogP contribution in [0.1, 0.15) is 32.6 Å². The van der Waals surface area contributed by atoms with Crippen molar-refractivity contribution in [2.24, 2.45) is 11.8 Å². The van der Waals surface area contributed by atoms with Gasteiger partial charge in [0.15, 0.2) is 0 Å². The van der Waals surface area contributed by atoms with Gasteiger partial charge in [0.25, 0.3) is 0 Å². The van der Waals surface area contributed by atoms with Gasteiger partial charge in [-0.2, -0.15) is 4.98 Å². The molecule has 0 radical (unpaired) electrons. The van der Waals surface area contributed by atoms with E-state index in [9.17, 15) is 0 Å². The summed E-state index contributed by atoms with van der Waals surface area (Å²) in [5, 5.41) is 6.68. The quantitative estimate of drug-likeness (QED) is 0.559. The Balaban J connectivity index is 1.86. The molecule has 1 aliphatic carbocycles. The molecule has 1 unspecified atom stereocenters. The van der Waals surface area contributed by atoms with Crippen LogP contribution in [-0.4, -0.2) is 16.0 Å². The lowest BCUT2D eigenvalue weighted by Gasteiger charge is -2.18. The third-order valence-corrected chi connectivity index (χ3v) is 4.41. The number of nitrogens with one attached hydrogen (secondary N) is 2. The first-order chi connectivity index (χ1) is 9.30. The number of anilines is 2. The Labute approximate surface area is 116 Å². The van der Waals surface area contributed by atoms with Crippen LogP contribution in [0.5, 0.6) is 0 Å². The van der Waals surface area contributed by atoms with E-state index in [0.29, 0.717) is 12.0 Å². The number of thiophene rings is 1. The van der Waals surface area contributed by atoms with E-state index in [1.807, 2.05) is 5.38 Å². The first-order valence-electron chi connectivity index (χ1n) is 6.78. The molecule has 3 rings (SSSR count). The van der Waals surface area contributed by atoms with Crippen LogP contribution in [-0.2, 0) is 0 Å². The highest BCUT2D eigenvalue weighted by Gasteiger charge is 2.25. The van der Waals surface area contributed by atoms with Crippen molar-refractivity contribution in [3.8, 4) is 0 Å². The fraction of sp³-hybridized carbons (Fsp3) is 0.538. The number of fused-ring (bicyclic) bond motifs is 1. The molecular formula is C13H19N5S. The van der Waals surface area contributed by atoms with E-state index in [2.05, 4.69) is 33.7 Å². The summed E-state index contributed by atoms with van der Waals surface area (Å²) in [5.74, 6) is 7.71. The monoisotopic (exact) mass is 277 g/mol. The first-order valence-corrected chi connectivity index (χ1v) is 7.66. The Morgan fingerprint density at radius 2 is 2.32 bits per heavy atom. The minimum absolute atomic E-state index is 0.471. The molecule has 4 N–H and O–H groups in total. The molecule has 0 amide bonds. The van der Waals surface area contributed by atoms with Crippen LogP contribution >= 0.6 is 11.3 Å². The van der Waals surface area contributed by atoms with Crippen molar-refractivity contribution in [3.63, 3.8) is 0 Å². The number of nitrogens with zero attached hydrogens (tertiary/aromatic N) is 2. The minimum atomic E-state index is 0.471. The highest BCUT2D eigenvalue weighted by Crippen LogP contribution is 2.35. The molecular weight excluding hydrogens is 258 g/mol. The van der Waals surface area contributed by atoms with Crippen LogP contribution in [0.4, 0.5) is 11.8 Å². The highest BCUT2D eigenvalue weighted by molar-refractivity contribution is 7.16. The molecule has 1 atom stereocenters. The lowest BCUT2D eigenvalue weighted by Crippen LogP contribution is -2.21. The van der Waals surface area contributed by atoms with Gasteiger partial charge in [0, 0.05) is 6.04 Å². The maximum atomic E-state index is 5.43. The second-order valence-electron chi connectivity index (χ2n) is 5.11. The third-order valence-electron chi connectivity index (χ3n) is 3.60. The zero-order valence-corrected chi connectivity index (χ0v) is 11.8. The minimum Gasteiger partial charge on any atom is -0.367 e. The third kappa shape index (κ3) is 2.79. The molecule has 102 valence electrons. The molecule has 2 heterocycles. The summed E-state index contributed by atoms with van der Waals surface area (Å²) in [7, 11) is 0. The van der Waals surface area contributed by atoms with E-state index < -0.39 is 0 Å². The number of hydrazine groups is 1. The van der Waals surface area contributed by atoms with Crippen molar-refractivity contribution in [1.29, 1.82) is 0 Å². The van der Waals surface area contributed by atoms with Crippen LogP contribution in [0.25, 0.3) is 10.2 Å². The summed E-state index contributed by atoms with van der Waals surface area (Å²) in [6, 6.07) is 2.54. The largest absolute Gasteiger partial charge is 0.367 e. The molecule has 1 aliphatic rings. The van der Waals surface area contributed by atoms with Gasteiger partial charge >= 0.3 is 0 Å². The number of hydrogen-bond donors (Lipinski definition) is 3. The maximum Gasteiger partial charge on any atom is 0.240 e. The van der Waals surface area contributed by atoms with E-state index in [1.165, 1.54) is 19.3 Å². The summed E-state index contributed by atoms with van der Waals surface area (Å²) in [4.78, 5) is 9.77. The lowest BCUT2D eigenvalue weighted by atomic mass is 10.1. The molecule has 2 aromatic rings. The predicted molar refractivity (Wildman–Crippen MR) is 80.3 cm³/mol. The van der Waals surface area contributed by atoms with Gasteiger partial charge in [-0.3, -0.25) is 5.43 Å². The van der Waals surface area contributed by atoms with Crippen molar-refractivity contribution in [1.82, 2.24) is 9.97 Å². The van der Waals surface area contributed by atoms with E-state index in [1.54, 1.807) is 11.3 Å². The van der Waals surface area contributed by atoms with E-state index in [-0.39, 0.29) is 0 Å². The standard InChI is InChI=1S/C13H19N5S/c1-2-9(7-8-3-4-8)15-11-10-5-6-19-12(10)17-13(16-11)18-14/h5-6,8-9H,2-4,7,14H2,1H3,(H2,15,16,17,18). The predicted octanol–water partition coefficient (Wildman–Crippen LogP) is 2.97. The van der Waals surface area contributed by atoms with Crippen molar-refractivity contribution < 1.29 is 0 Å². The van der Waals surface area contributed by atoms with Crippen LogP contribution in [0.15, 0.2) is 11.4 Å². The molecule has 1 fully saturated rings. The fourth-order valence-corrected chi connectivity index (χ4v) is 3.07. The fourth-order valence-electron chi connectivity index (χ4n) is 2.31. The second kappa shape index (κ2) is 5.30. The van der Waals surface area contributed by atoms with Crippen LogP contribution in [0.3, 0.4) is 0 Å². The van der Waals surface area contributed by atoms with Gasteiger partial charge in [-0.05, 0) is 30.2 Å². The van der Waals surface area contributed by atoms with Gasteiger partial charge in [-0.1, -0.05) is 19.8 Å². The number of nitrogen functional groups attached to an aromatic ring is 1. The molecule has 0 aliphatic heterocycles. The van der Waals surface area contributed by atoms with E-state index in [0.717, 1.165) is 28.4 Å². The smallest absolute Gasteiger partial charge is 0.240 e. The Morgan fingerprint density at radius 3 is 3.00 bits per heavy atom. The summed E-state index contributed by atoms with van der Waals surface area (Å²) in [6.07, 6.45) is 5.10. The molecule has 0 aromatic carbocycles. The number of rotatable bonds is 6. The molecule has 6 heteroatoms. The van der Waals surface area contributed by atoms with E-state index >= 15 is 0 Å². The summed E-state index contributed by atoms with van der Waals surface area (Å²) in [5.41, 5.74) is 2.54. The molecule has 2 aromatic heterocycles. The second-order valence-corrected chi connectivity index (χ2v) is 6.00. The van der Waals surface area contributed by atoms with Crippen LogP contribution in [0.2, 0.25) is 0 Å². The topological polar surface area (TPSA) is 75.9 Å². The zero-order chi connectivity index (χ0) is 13.2. The van der Waals surface area contributed by atoms with Gasteiger partial charge in [0.05, 0.1) is 5.39 Å². The number of aromatic nitrogens is 2. The van der Waals surface area contributed by atoms with E-state index in [4.69, 9.17) is 5.84 Å². The van der Waals surface area contributed by atoms with Crippen molar-refractivity contribution in [2.45, 2.75) is 38.6 Å². The van der Waals surface area contributed by atoms with Gasteiger partial charge < -0.3 is 5.32 Å². The van der Waals surface area contributed by atoms with Crippen molar-refractivity contribution >= 4 is 33.3 Å². The van der Waals surface area contributed by atoms with Crippen molar-refractivity contribution in [3.05, 3.63) is 11.4 Å². The number of hydrogen-bond acceptors (Lipinski definition) is 6. The average Bonchev–Trinajstić information content (AvgIpc) is 3.11. The lowest BCUT2D eigenvalue weighted by molar-refractivity contribution is 0.586. The molecule has 0 bridgehead atoms. The molecule has 19 heavy (non-hydrogen) atoms. The van der Waals surface area contributed by atoms with Gasteiger partial charge in [0.2, 0.25) is 5.95 Å². The van der Waals surface area contributed by atoms with Crippen LogP contribution < -0.4 is 16.6 Å². The first kappa shape index (κ1) is 12.6. The van der Waals surface area contributed by atoms with Gasteiger partial charge in [-0.15, -0.1) is 11.3 Å². The average molecular weight is 277 g/mol. The summed E-state index contributed by atoms with van der Waals surface area (Å²) in [6.45, 7) is 2.22. The zero-order valence-electron chi connectivity index (χ0n) is 11.0. The molecule has 0 spiro atoms. The maximum absolute atomic E-state index is 5.43. The Bertz CT molecular complexity index is 563. The summed E-state index contributed by atoms with van der Waals surface area (Å²) < 4.78 is 0. The highest BCUT2D eigenvalue weighted by atomic mass is 32.1. The Morgan fingerprint density at radius 1 is 1.47 bits per heavy atom. The summed E-state index contributed by atoms with van der Waals surface area (Å²) >= 11 is 1.61. The van der Waals surface area contributed by atoms with Gasteiger partial charge in [0.1, 0.15) is 10.6 Å². The van der Waals surface area contributed by atoms with Crippen LogP contribution in [0, 0.1) is 5.92 Å².